The number of benzene rings is 3. The molecule has 0 fully saturated rings. The fourth-order valence-electron chi connectivity index (χ4n) is 2.73. The van der Waals surface area contributed by atoms with Crippen molar-refractivity contribution >= 4 is 34.2 Å². The third kappa shape index (κ3) is 5.12. The van der Waals surface area contributed by atoms with Gasteiger partial charge in [-0.05, 0) is 70.1 Å². The Bertz CT molecular complexity index is 1110. The van der Waals surface area contributed by atoms with Crippen molar-refractivity contribution in [3.8, 4) is 17.6 Å². The molecule has 29 heavy (non-hydrogen) atoms. The van der Waals surface area contributed by atoms with Crippen molar-refractivity contribution in [2.45, 2.75) is 6.61 Å². The van der Waals surface area contributed by atoms with E-state index in [1.807, 2.05) is 6.07 Å². The van der Waals surface area contributed by atoms with Gasteiger partial charge in [-0.2, -0.15) is 5.26 Å². The zero-order chi connectivity index (χ0) is 20.8. The summed E-state index contributed by atoms with van der Waals surface area (Å²) in [5.41, 5.74) is 1.95. The molecule has 0 aromatic heterocycles. The summed E-state index contributed by atoms with van der Waals surface area (Å²) in [5, 5.41) is 9.48. The molecule has 0 saturated carbocycles. The first-order valence-electron chi connectivity index (χ1n) is 8.63. The highest BCUT2D eigenvalue weighted by Gasteiger charge is 2.13. The molecule has 0 amide bonds. The maximum Gasteiger partial charge on any atom is 0.174 e. The molecule has 3 aromatic rings. The van der Waals surface area contributed by atoms with Crippen LogP contribution in [0.4, 0.5) is 8.78 Å². The molecular formula is C23H16F2INO2. The Hall–Kier alpha value is -2.92. The molecule has 0 aliphatic carbocycles. The van der Waals surface area contributed by atoms with Crippen molar-refractivity contribution in [3.05, 3.63) is 92.6 Å². The molecule has 3 aromatic carbocycles. The van der Waals surface area contributed by atoms with E-state index in [1.165, 1.54) is 25.3 Å². The Morgan fingerprint density at radius 3 is 2.59 bits per heavy atom. The van der Waals surface area contributed by atoms with Gasteiger partial charge in [-0.3, -0.25) is 0 Å². The molecule has 0 unspecified atom stereocenters. The molecule has 0 aliphatic heterocycles. The number of nitriles is 1. The van der Waals surface area contributed by atoms with Crippen LogP contribution in [0.1, 0.15) is 16.7 Å². The summed E-state index contributed by atoms with van der Waals surface area (Å²) in [6, 6.07) is 17.9. The molecule has 0 bridgehead atoms. The van der Waals surface area contributed by atoms with Gasteiger partial charge >= 0.3 is 0 Å². The summed E-state index contributed by atoms with van der Waals surface area (Å²) < 4.78 is 39.3. The first-order valence-corrected chi connectivity index (χ1v) is 9.71. The first-order chi connectivity index (χ1) is 14.0. The molecule has 146 valence electrons. The van der Waals surface area contributed by atoms with Crippen molar-refractivity contribution in [3.63, 3.8) is 0 Å². The lowest BCUT2D eigenvalue weighted by atomic mass is 10.0. The molecule has 6 heteroatoms. The zero-order valence-corrected chi connectivity index (χ0v) is 17.6. The van der Waals surface area contributed by atoms with E-state index in [0.717, 1.165) is 3.57 Å². The Labute approximate surface area is 181 Å². The van der Waals surface area contributed by atoms with Gasteiger partial charge in [0.05, 0.1) is 22.3 Å². The van der Waals surface area contributed by atoms with Gasteiger partial charge in [0.1, 0.15) is 18.2 Å². The minimum Gasteiger partial charge on any atom is -0.493 e. The van der Waals surface area contributed by atoms with E-state index in [2.05, 4.69) is 28.7 Å². The minimum atomic E-state index is -0.410. The second kappa shape index (κ2) is 9.52. The van der Waals surface area contributed by atoms with Crippen molar-refractivity contribution in [1.29, 1.82) is 5.26 Å². The highest BCUT2D eigenvalue weighted by Crippen LogP contribution is 2.35. The molecule has 0 saturated heterocycles. The number of hydrogen-bond donors (Lipinski definition) is 0. The summed E-state index contributed by atoms with van der Waals surface area (Å²) in [7, 11) is 1.51. The van der Waals surface area contributed by atoms with E-state index in [1.54, 1.807) is 42.5 Å². The van der Waals surface area contributed by atoms with E-state index >= 15 is 0 Å². The Morgan fingerprint density at radius 1 is 1.10 bits per heavy atom. The highest BCUT2D eigenvalue weighted by atomic mass is 127. The quantitative estimate of drug-likeness (QED) is 0.228. The van der Waals surface area contributed by atoms with Gasteiger partial charge in [0.15, 0.2) is 11.5 Å². The normalized spacial score (nSPS) is 11.1. The molecule has 0 heterocycles. The Kier molecular flexibility index (Phi) is 6.83. The van der Waals surface area contributed by atoms with Gasteiger partial charge < -0.3 is 9.47 Å². The van der Waals surface area contributed by atoms with Gasteiger partial charge in [0, 0.05) is 5.56 Å². The monoisotopic (exact) mass is 503 g/mol. The SMILES string of the molecule is COc1cc(/C=C(/C#N)c2cccc(F)c2)cc(I)c1OCc1ccccc1F. The topological polar surface area (TPSA) is 42.2 Å². The molecule has 0 N–H and O–H groups in total. The van der Waals surface area contributed by atoms with Gasteiger partial charge in [-0.15, -0.1) is 0 Å². The Balaban J connectivity index is 1.91. The number of hydrogen-bond acceptors (Lipinski definition) is 3. The highest BCUT2D eigenvalue weighted by molar-refractivity contribution is 14.1. The van der Waals surface area contributed by atoms with Crippen LogP contribution in [0.2, 0.25) is 0 Å². The summed E-state index contributed by atoms with van der Waals surface area (Å²) >= 11 is 2.09. The van der Waals surface area contributed by atoms with E-state index in [9.17, 15) is 14.0 Å². The molecule has 0 aliphatic rings. The van der Waals surface area contributed by atoms with Crippen LogP contribution in [0.3, 0.4) is 0 Å². The standard InChI is InChI=1S/C23H16F2INO2/c1-28-22-11-15(9-18(13-27)16-6-4-7-19(24)12-16)10-21(26)23(22)29-14-17-5-2-3-8-20(17)25/h2-12H,14H2,1H3/b18-9-. The first kappa shape index (κ1) is 20.8. The van der Waals surface area contributed by atoms with Crippen LogP contribution in [0.15, 0.2) is 60.7 Å². The Morgan fingerprint density at radius 2 is 1.90 bits per heavy atom. The predicted octanol–water partition coefficient (Wildman–Crippen LogP) is 6.22. The second-order valence-corrected chi connectivity index (χ2v) is 7.26. The zero-order valence-electron chi connectivity index (χ0n) is 15.5. The summed E-state index contributed by atoms with van der Waals surface area (Å²) in [5.74, 6) is 0.191. The third-order valence-electron chi connectivity index (χ3n) is 4.15. The average molecular weight is 503 g/mol. The van der Waals surface area contributed by atoms with Crippen molar-refractivity contribution in [2.75, 3.05) is 7.11 Å². The van der Waals surface area contributed by atoms with Crippen LogP contribution >= 0.6 is 22.6 Å². The smallest absolute Gasteiger partial charge is 0.174 e. The van der Waals surface area contributed by atoms with Crippen LogP contribution in [0.25, 0.3) is 11.6 Å². The van der Waals surface area contributed by atoms with E-state index < -0.39 is 5.82 Å². The lowest BCUT2D eigenvalue weighted by molar-refractivity contribution is 0.277. The summed E-state index contributed by atoms with van der Waals surface area (Å²) in [6.07, 6.45) is 1.65. The predicted molar refractivity (Wildman–Crippen MR) is 116 cm³/mol. The fourth-order valence-corrected chi connectivity index (χ4v) is 3.51. The van der Waals surface area contributed by atoms with Crippen LogP contribution < -0.4 is 9.47 Å². The van der Waals surface area contributed by atoms with Gasteiger partial charge in [-0.1, -0.05) is 30.3 Å². The number of methoxy groups -OCH3 is 1. The summed E-state index contributed by atoms with van der Waals surface area (Å²) in [6.45, 7) is 0.0565. The number of ether oxygens (including phenoxy) is 2. The molecule has 0 radical (unpaired) electrons. The van der Waals surface area contributed by atoms with Crippen LogP contribution in [-0.2, 0) is 6.61 Å². The van der Waals surface area contributed by atoms with Crippen molar-refractivity contribution in [2.24, 2.45) is 0 Å². The van der Waals surface area contributed by atoms with Crippen molar-refractivity contribution < 1.29 is 18.3 Å². The van der Waals surface area contributed by atoms with Crippen LogP contribution in [-0.4, -0.2) is 7.11 Å². The second-order valence-electron chi connectivity index (χ2n) is 6.09. The maximum absolute atomic E-state index is 13.8. The number of nitrogens with zero attached hydrogens (tertiary/aromatic N) is 1. The minimum absolute atomic E-state index is 0.0565. The fraction of sp³-hybridized carbons (Fsp3) is 0.0870. The van der Waals surface area contributed by atoms with Crippen molar-refractivity contribution in [1.82, 2.24) is 0 Å². The molecule has 0 spiro atoms. The third-order valence-corrected chi connectivity index (χ3v) is 4.95. The number of allylic oxidation sites excluding steroid dienone is 1. The van der Waals surface area contributed by atoms with Crippen LogP contribution in [0.5, 0.6) is 11.5 Å². The molecule has 3 nitrogen and oxygen atoms in total. The van der Waals surface area contributed by atoms with E-state index in [-0.39, 0.29) is 12.4 Å². The lowest BCUT2D eigenvalue weighted by Crippen LogP contribution is -2.02. The average Bonchev–Trinajstić information content (AvgIpc) is 2.72. The van der Waals surface area contributed by atoms with E-state index in [4.69, 9.17) is 9.47 Å². The number of rotatable bonds is 6. The molecule has 0 atom stereocenters. The van der Waals surface area contributed by atoms with Crippen LogP contribution in [0, 0.1) is 26.5 Å². The van der Waals surface area contributed by atoms with E-state index in [0.29, 0.717) is 33.8 Å². The van der Waals surface area contributed by atoms with Gasteiger partial charge in [-0.25, -0.2) is 8.78 Å². The summed E-state index contributed by atoms with van der Waals surface area (Å²) in [4.78, 5) is 0. The lowest BCUT2D eigenvalue weighted by Gasteiger charge is -2.14. The molecule has 3 rings (SSSR count). The van der Waals surface area contributed by atoms with Gasteiger partial charge in [0.2, 0.25) is 0 Å². The van der Waals surface area contributed by atoms with Gasteiger partial charge in [0.25, 0.3) is 0 Å². The number of halogens is 3. The maximum atomic E-state index is 13.8. The largest absolute Gasteiger partial charge is 0.493 e. The molecular weight excluding hydrogens is 487 g/mol.